The van der Waals surface area contributed by atoms with Crippen molar-refractivity contribution in [3.05, 3.63) is 40.1 Å². The first-order valence-electron chi connectivity index (χ1n) is 5.50. The highest BCUT2D eigenvalue weighted by atomic mass is 79.9. The molecule has 3 heteroatoms. The van der Waals surface area contributed by atoms with Crippen molar-refractivity contribution in [2.45, 2.75) is 26.3 Å². The van der Waals surface area contributed by atoms with Crippen LogP contribution in [0.2, 0.25) is 0 Å². The maximum atomic E-state index is 13.0. The molecule has 1 aromatic carbocycles. The first-order valence-corrected chi connectivity index (χ1v) is 6.29. The molecule has 0 aliphatic rings. The van der Waals surface area contributed by atoms with Crippen LogP contribution in [0, 0.1) is 5.82 Å². The van der Waals surface area contributed by atoms with Gasteiger partial charge in [0.2, 0.25) is 0 Å². The minimum absolute atomic E-state index is 0.211. The van der Waals surface area contributed by atoms with Crippen molar-refractivity contribution in [1.29, 1.82) is 0 Å². The maximum absolute atomic E-state index is 13.0. The molecule has 0 bridgehead atoms. The number of benzene rings is 1. The molecular formula is C13H17BrFN. The second-order valence-corrected chi connectivity index (χ2v) is 4.62. The van der Waals surface area contributed by atoms with E-state index >= 15 is 0 Å². The van der Waals surface area contributed by atoms with Crippen LogP contribution in [0.5, 0.6) is 0 Å². The van der Waals surface area contributed by atoms with Gasteiger partial charge in [0.25, 0.3) is 0 Å². The first kappa shape index (κ1) is 13.4. The van der Waals surface area contributed by atoms with Gasteiger partial charge in [-0.3, -0.25) is 0 Å². The summed E-state index contributed by atoms with van der Waals surface area (Å²) in [6.07, 6.45) is 5.08. The molecule has 0 radical (unpaired) electrons. The topological polar surface area (TPSA) is 12.0 Å². The Labute approximate surface area is 105 Å². The Morgan fingerprint density at radius 2 is 2.25 bits per heavy atom. The lowest BCUT2D eigenvalue weighted by molar-refractivity contribution is 0.624. The summed E-state index contributed by atoms with van der Waals surface area (Å²) in [7, 11) is 0. The third kappa shape index (κ3) is 4.45. The summed E-state index contributed by atoms with van der Waals surface area (Å²) in [4.78, 5) is 0. The lowest BCUT2D eigenvalue weighted by Gasteiger charge is -2.07. The smallest absolute Gasteiger partial charge is 0.123 e. The molecule has 0 saturated heterocycles. The van der Waals surface area contributed by atoms with Gasteiger partial charge in [-0.05, 0) is 43.7 Å². The Morgan fingerprint density at radius 1 is 1.50 bits per heavy atom. The van der Waals surface area contributed by atoms with E-state index in [1.807, 2.05) is 12.2 Å². The van der Waals surface area contributed by atoms with Gasteiger partial charge in [0, 0.05) is 10.5 Å². The third-order valence-electron chi connectivity index (χ3n) is 2.24. The molecule has 0 spiro atoms. The van der Waals surface area contributed by atoms with Crippen LogP contribution in [0.1, 0.15) is 25.8 Å². The fourth-order valence-corrected chi connectivity index (χ4v) is 1.71. The van der Waals surface area contributed by atoms with E-state index in [0.29, 0.717) is 6.04 Å². The van der Waals surface area contributed by atoms with Gasteiger partial charge in [0.1, 0.15) is 5.82 Å². The summed E-state index contributed by atoms with van der Waals surface area (Å²) in [6.45, 7) is 5.21. The summed E-state index contributed by atoms with van der Waals surface area (Å²) in [5.74, 6) is -0.211. The Bertz CT molecular complexity index is 363. The van der Waals surface area contributed by atoms with E-state index in [4.69, 9.17) is 0 Å². The number of rotatable bonds is 5. The molecule has 0 aliphatic carbocycles. The molecule has 0 aromatic heterocycles. The van der Waals surface area contributed by atoms with Crippen LogP contribution in [0.15, 0.2) is 28.7 Å². The fraction of sp³-hybridized carbons (Fsp3) is 0.385. The number of nitrogens with one attached hydrogen (secondary N) is 1. The number of hydrogen-bond donors (Lipinski definition) is 1. The van der Waals surface area contributed by atoms with E-state index in [0.717, 1.165) is 23.0 Å². The zero-order valence-corrected chi connectivity index (χ0v) is 11.2. The number of hydrogen-bond acceptors (Lipinski definition) is 1. The van der Waals surface area contributed by atoms with E-state index in [9.17, 15) is 4.39 Å². The van der Waals surface area contributed by atoms with Crippen LogP contribution in [0.3, 0.4) is 0 Å². The monoisotopic (exact) mass is 285 g/mol. The van der Waals surface area contributed by atoms with Crippen molar-refractivity contribution in [3.8, 4) is 0 Å². The second-order valence-electron chi connectivity index (χ2n) is 3.77. The maximum Gasteiger partial charge on any atom is 0.123 e. The molecular weight excluding hydrogens is 269 g/mol. The normalized spacial score (nSPS) is 13.2. The van der Waals surface area contributed by atoms with Crippen molar-refractivity contribution >= 4 is 22.0 Å². The van der Waals surface area contributed by atoms with Crippen LogP contribution in [-0.4, -0.2) is 12.6 Å². The van der Waals surface area contributed by atoms with E-state index in [-0.39, 0.29) is 5.82 Å². The molecule has 1 unspecified atom stereocenters. The summed E-state index contributed by atoms with van der Waals surface area (Å²) in [6, 6.07) is 4.99. The van der Waals surface area contributed by atoms with Crippen molar-refractivity contribution < 1.29 is 4.39 Å². The largest absolute Gasteiger partial charge is 0.311 e. The van der Waals surface area contributed by atoms with E-state index in [2.05, 4.69) is 35.1 Å². The SMILES string of the molecule is CCCNC(C)/C=C/c1cc(F)ccc1Br. The third-order valence-corrected chi connectivity index (χ3v) is 2.96. The van der Waals surface area contributed by atoms with Crippen LogP contribution < -0.4 is 5.32 Å². The van der Waals surface area contributed by atoms with Gasteiger partial charge in [-0.25, -0.2) is 4.39 Å². The van der Waals surface area contributed by atoms with Gasteiger partial charge in [0.05, 0.1) is 0 Å². The predicted molar refractivity (Wildman–Crippen MR) is 70.9 cm³/mol. The molecule has 0 fully saturated rings. The van der Waals surface area contributed by atoms with E-state index < -0.39 is 0 Å². The Morgan fingerprint density at radius 3 is 2.94 bits per heavy atom. The van der Waals surface area contributed by atoms with Crippen molar-refractivity contribution in [1.82, 2.24) is 5.32 Å². The highest BCUT2D eigenvalue weighted by molar-refractivity contribution is 9.10. The lowest BCUT2D eigenvalue weighted by Crippen LogP contribution is -2.24. The summed E-state index contributed by atoms with van der Waals surface area (Å²) < 4.78 is 13.9. The van der Waals surface area contributed by atoms with Crippen LogP contribution in [0.4, 0.5) is 4.39 Å². The zero-order valence-electron chi connectivity index (χ0n) is 9.63. The van der Waals surface area contributed by atoms with Crippen molar-refractivity contribution in [2.24, 2.45) is 0 Å². The molecule has 88 valence electrons. The van der Waals surface area contributed by atoms with Crippen LogP contribution in [-0.2, 0) is 0 Å². The van der Waals surface area contributed by atoms with E-state index in [1.54, 1.807) is 6.07 Å². The summed E-state index contributed by atoms with van der Waals surface area (Å²) in [5, 5.41) is 3.34. The van der Waals surface area contributed by atoms with Gasteiger partial charge >= 0.3 is 0 Å². The van der Waals surface area contributed by atoms with Crippen LogP contribution in [0.25, 0.3) is 6.08 Å². The highest BCUT2D eigenvalue weighted by Crippen LogP contribution is 2.19. The average molecular weight is 286 g/mol. The molecule has 1 atom stereocenters. The highest BCUT2D eigenvalue weighted by Gasteiger charge is 1.99. The van der Waals surface area contributed by atoms with Crippen molar-refractivity contribution in [3.63, 3.8) is 0 Å². The van der Waals surface area contributed by atoms with Crippen molar-refractivity contribution in [2.75, 3.05) is 6.54 Å². The molecule has 0 aliphatic heterocycles. The molecule has 0 heterocycles. The minimum atomic E-state index is -0.211. The van der Waals surface area contributed by atoms with Crippen LogP contribution >= 0.6 is 15.9 Å². The standard InChI is InChI=1S/C13H17BrFN/c1-3-8-16-10(2)4-5-11-9-12(15)6-7-13(11)14/h4-7,9-10,16H,3,8H2,1-2H3/b5-4+. The van der Waals surface area contributed by atoms with E-state index in [1.165, 1.54) is 12.1 Å². The molecule has 1 N–H and O–H groups in total. The molecule has 0 saturated carbocycles. The molecule has 1 rings (SSSR count). The van der Waals surface area contributed by atoms with Gasteiger partial charge in [-0.2, -0.15) is 0 Å². The Balaban J connectivity index is 2.64. The van der Waals surface area contributed by atoms with Gasteiger partial charge in [-0.1, -0.05) is 35.0 Å². The van der Waals surface area contributed by atoms with Gasteiger partial charge < -0.3 is 5.32 Å². The van der Waals surface area contributed by atoms with Gasteiger partial charge in [0.15, 0.2) is 0 Å². The molecule has 1 nitrogen and oxygen atoms in total. The quantitative estimate of drug-likeness (QED) is 0.863. The molecule has 0 amide bonds. The zero-order chi connectivity index (χ0) is 12.0. The Hall–Kier alpha value is -0.670. The minimum Gasteiger partial charge on any atom is -0.311 e. The number of halogens is 2. The average Bonchev–Trinajstić information content (AvgIpc) is 2.27. The molecule has 1 aromatic rings. The fourth-order valence-electron chi connectivity index (χ4n) is 1.33. The molecule has 16 heavy (non-hydrogen) atoms. The summed E-state index contributed by atoms with van der Waals surface area (Å²) >= 11 is 3.39. The Kier molecular flexibility index (Phi) is 5.71. The van der Waals surface area contributed by atoms with Gasteiger partial charge in [-0.15, -0.1) is 0 Å². The summed E-state index contributed by atoms with van der Waals surface area (Å²) in [5.41, 5.74) is 0.866. The predicted octanol–water partition coefficient (Wildman–Crippen LogP) is 3.99. The lowest BCUT2D eigenvalue weighted by atomic mass is 10.2. The first-order chi connectivity index (χ1) is 7.63. The second kappa shape index (κ2) is 6.81.